The fourth-order valence-corrected chi connectivity index (χ4v) is 3.48. The van der Waals surface area contributed by atoms with Crippen LogP contribution in [0, 0.1) is 12.3 Å². The molecule has 0 aliphatic heterocycles. The summed E-state index contributed by atoms with van der Waals surface area (Å²) in [5.74, 6) is 2.90. The summed E-state index contributed by atoms with van der Waals surface area (Å²) in [6.45, 7) is 0. The van der Waals surface area contributed by atoms with Gasteiger partial charge in [0.1, 0.15) is 0 Å². The van der Waals surface area contributed by atoms with Gasteiger partial charge in [-0.3, -0.25) is 4.79 Å². The molecule has 1 aliphatic carbocycles. The number of benzene rings is 2. The second kappa shape index (κ2) is 8.25. The van der Waals surface area contributed by atoms with E-state index >= 15 is 0 Å². The zero-order valence-electron chi connectivity index (χ0n) is 14.7. The first kappa shape index (κ1) is 18.3. The van der Waals surface area contributed by atoms with E-state index < -0.39 is 5.54 Å². The summed E-state index contributed by atoms with van der Waals surface area (Å²) in [5, 5.41) is 4.18. The highest BCUT2D eigenvalue weighted by Crippen LogP contribution is 2.30. The molecule has 0 atom stereocenters. The maximum atomic E-state index is 12.7. The predicted octanol–water partition coefficient (Wildman–Crippen LogP) is 5.49. The topological polar surface area (TPSA) is 29.1 Å². The predicted molar refractivity (Wildman–Crippen MR) is 108 cm³/mol. The van der Waals surface area contributed by atoms with Crippen LogP contribution in [-0.2, 0) is 0 Å². The minimum absolute atomic E-state index is 0.0500. The van der Waals surface area contributed by atoms with E-state index in [1.807, 2.05) is 54.6 Å². The van der Waals surface area contributed by atoms with Crippen LogP contribution in [0.3, 0.4) is 0 Å². The van der Waals surface area contributed by atoms with E-state index in [0.717, 1.165) is 36.9 Å². The first-order valence-corrected chi connectivity index (χ1v) is 9.33. The smallest absolute Gasteiger partial charge is 0.187 e. The Morgan fingerprint density at radius 3 is 2.27 bits per heavy atom. The molecule has 3 rings (SSSR count). The van der Waals surface area contributed by atoms with Crippen molar-refractivity contribution in [3.05, 3.63) is 76.8 Å². The maximum Gasteiger partial charge on any atom is 0.187 e. The average molecular weight is 364 g/mol. The summed E-state index contributed by atoms with van der Waals surface area (Å²) >= 11 is 6.03. The van der Waals surface area contributed by atoms with Crippen LogP contribution < -0.4 is 5.32 Å². The zero-order chi connectivity index (χ0) is 18.4. The number of carbonyl (C=O) groups excluding carboxylic acids is 1. The molecule has 1 fully saturated rings. The number of halogens is 1. The molecule has 0 saturated heterocycles. The lowest BCUT2D eigenvalue weighted by Crippen LogP contribution is -2.44. The van der Waals surface area contributed by atoms with Crippen molar-refractivity contribution in [2.45, 2.75) is 37.6 Å². The molecule has 0 bridgehead atoms. The third-order valence-corrected chi connectivity index (χ3v) is 5.10. The van der Waals surface area contributed by atoms with E-state index in [2.05, 4.69) is 11.2 Å². The molecule has 2 nitrogen and oxygen atoms in total. The number of allylic oxidation sites excluding steroid dienone is 1. The van der Waals surface area contributed by atoms with Crippen LogP contribution in [0.1, 0.15) is 48.0 Å². The molecule has 2 aromatic rings. The van der Waals surface area contributed by atoms with Crippen molar-refractivity contribution < 1.29 is 4.79 Å². The zero-order valence-corrected chi connectivity index (χ0v) is 15.4. The summed E-state index contributed by atoms with van der Waals surface area (Å²) < 4.78 is 0. The van der Waals surface area contributed by atoms with Crippen molar-refractivity contribution in [1.29, 1.82) is 0 Å². The van der Waals surface area contributed by atoms with Gasteiger partial charge < -0.3 is 5.32 Å². The molecule has 2 aromatic carbocycles. The van der Waals surface area contributed by atoms with Crippen molar-refractivity contribution in [2.75, 3.05) is 0 Å². The average Bonchev–Trinajstić information content (AvgIpc) is 2.69. The van der Waals surface area contributed by atoms with E-state index in [0.29, 0.717) is 10.6 Å². The summed E-state index contributed by atoms with van der Waals surface area (Å²) in [7, 11) is 0. The van der Waals surface area contributed by atoms with Crippen LogP contribution in [0.4, 0.5) is 0 Å². The molecule has 0 unspecified atom stereocenters. The molecule has 0 aromatic heterocycles. The Hall–Kier alpha value is -2.50. The van der Waals surface area contributed by atoms with Crippen LogP contribution in [0.15, 0.2) is 60.7 Å². The normalized spacial score (nSPS) is 16.5. The molecule has 1 aliphatic rings. The lowest BCUT2D eigenvalue weighted by atomic mass is 9.82. The molecule has 0 amide bonds. The van der Waals surface area contributed by atoms with Crippen LogP contribution in [0.5, 0.6) is 0 Å². The van der Waals surface area contributed by atoms with Gasteiger partial charge in [-0.2, -0.15) is 0 Å². The van der Waals surface area contributed by atoms with Crippen LogP contribution in [0.2, 0.25) is 5.02 Å². The van der Waals surface area contributed by atoms with Crippen molar-refractivity contribution in [3.8, 4) is 12.3 Å². The van der Waals surface area contributed by atoms with Crippen molar-refractivity contribution in [3.63, 3.8) is 0 Å². The summed E-state index contributed by atoms with van der Waals surface area (Å²) in [6, 6.07) is 16.7. The third-order valence-electron chi connectivity index (χ3n) is 4.85. The molecule has 26 heavy (non-hydrogen) atoms. The number of hydrogen-bond acceptors (Lipinski definition) is 2. The van der Waals surface area contributed by atoms with E-state index in [1.54, 1.807) is 6.08 Å². The minimum atomic E-state index is -0.402. The molecule has 0 radical (unpaired) electrons. The molecule has 1 saturated carbocycles. The van der Waals surface area contributed by atoms with Gasteiger partial charge in [0, 0.05) is 22.4 Å². The quantitative estimate of drug-likeness (QED) is 0.432. The number of nitrogens with one attached hydrogen (secondary N) is 1. The Kier molecular flexibility index (Phi) is 5.81. The number of carbonyl (C=O) groups is 1. The van der Waals surface area contributed by atoms with Gasteiger partial charge in [-0.25, -0.2) is 0 Å². The first-order chi connectivity index (χ1) is 12.6. The summed E-state index contributed by atoms with van der Waals surface area (Å²) in [4.78, 5) is 12.7. The minimum Gasteiger partial charge on any atom is -0.368 e. The van der Waals surface area contributed by atoms with Gasteiger partial charge in [0.05, 0.1) is 5.54 Å². The standard InChI is InChI=1S/C23H22ClNO/c1-2-23(15-7-4-8-16-23)25-21(18-11-13-20(24)14-12-18)17-22(26)19-9-5-3-6-10-19/h1,3,5-6,9-14,17,25H,4,7-8,15-16H2/b21-17-. The number of terminal acetylenes is 1. The third kappa shape index (κ3) is 4.36. The molecule has 3 heteroatoms. The van der Waals surface area contributed by atoms with E-state index in [1.165, 1.54) is 6.42 Å². The summed E-state index contributed by atoms with van der Waals surface area (Å²) in [5.41, 5.74) is 1.90. The van der Waals surface area contributed by atoms with E-state index in [-0.39, 0.29) is 5.78 Å². The van der Waals surface area contributed by atoms with Crippen molar-refractivity contribution in [1.82, 2.24) is 5.32 Å². The Bertz CT molecular complexity index is 825. The van der Waals surface area contributed by atoms with E-state index in [9.17, 15) is 4.79 Å². The Morgan fingerprint density at radius 2 is 1.65 bits per heavy atom. The van der Waals surface area contributed by atoms with Gasteiger partial charge >= 0.3 is 0 Å². The highest BCUT2D eigenvalue weighted by Gasteiger charge is 2.30. The van der Waals surface area contributed by atoms with Gasteiger partial charge in [0.2, 0.25) is 0 Å². The molecular weight excluding hydrogens is 342 g/mol. The number of rotatable bonds is 5. The molecule has 132 valence electrons. The van der Waals surface area contributed by atoms with Crippen molar-refractivity contribution in [2.24, 2.45) is 0 Å². The van der Waals surface area contributed by atoms with E-state index in [4.69, 9.17) is 18.0 Å². The maximum absolute atomic E-state index is 12.7. The van der Waals surface area contributed by atoms with Gasteiger partial charge in [-0.05, 0) is 30.5 Å². The van der Waals surface area contributed by atoms with Crippen LogP contribution in [-0.4, -0.2) is 11.3 Å². The van der Waals surface area contributed by atoms with Crippen LogP contribution in [0.25, 0.3) is 5.70 Å². The first-order valence-electron chi connectivity index (χ1n) is 8.95. The number of ketones is 1. The molecule has 0 heterocycles. The second-order valence-corrected chi connectivity index (χ2v) is 7.14. The molecule has 1 N–H and O–H groups in total. The lowest BCUT2D eigenvalue weighted by Gasteiger charge is -2.35. The van der Waals surface area contributed by atoms with Gasteiger partial charge in [0.15, 0.2) is 5.78 Å². The monoisotopic (exact) mass is 363 g/mol. The fourth-order valence-electron chi connectivity index (χ4n) is 3.36. The Morgan fingerprint density at radius 1 is 1.00 bits per heavy atom. The highest BCUT2D eigenvalue weighted by molar-refractivity contribution is 6.30. The van der Waals surface area contributed by atoms with Crippen molar-refractivity contribution >= 4 is 23.1 Å². The SMILES string of the molecule is C#CC1(N/C(=C\C(=O)c2ccccc2)c2ccc(Cl)cc2)CCCCC1. The largest absolute Gasteiger partial charge is 0.368 e. The fraction of sp³-hybridized carbons (Fsp3) is 0.261. The van der Waals surface area contributed by atoms with Gasteiger partial charge in [0.25, 0.3) is 0 Å². The van der Waals surface area contributed by atoms with Gasteiger partial charge in [-0.1, -0.05) is 79.2 Å². The van der Waals surface area contributed by atoms with Crippen LogP contribution >= 0.6 is 11.6 Å². The second-order valence-electron chi connectivity index (χ2n) is 6.71. The Labute approximate surface area is 160 Å². The van der Waals surface area contributed by atoms with Gasteiger partial charge in [-0.15, -0.1) is 6.42 Å². The molecular formula is C23H22ClNO. The Balaban J connectivity index is 1.96. The summed E-state index contributed by atoms with van der Waals surface area (Å²) in [6.07, 6.45) is 12.7. The highest BCUT2D eigenvalue weighted by atomic mass is 35.5. The number of hydrogen-bond donors (Lipinski definition) is 1. The molecule has 0 spiro atoms. The lowest BCUT2D eigenvalue weighted by molar-refractivity contribution is 0.104.